The average molecular weight is 860 g/mol. The lowest BCUT2D eigenvalue weighted by Gasteiger charge is -2.42. The Hall–Kier alpha value is -3.51. The van der Waals surface area contributed by atoms with E-state index in [0.717, 1.165) is 80.6 Å². The first kappa shape index (κ1) is 44.1. The number of hydrazone groups is 2. The van der Waals surface area contributed by atoms with Gasteiger partial charge in [-0.1, -0.05) is 23.2 Å². The van der Waals surface area contributed by atoms with Crippen LogP contribution in [0.25, 0.3) is 22.6 Å². The van der Waals surface area contributed by atoms with Crippen LogP contribution in [-0.2, 0) is 0 Å². The summed E-state index contributed by atoms with van der Waals surface area (Å²) in [6.45, 7) is 7.74. The second-order valence-electron chi connectivity index (χ2n) is 15.3. The molecule has 0 bridgehead atoms. The topological polar surface area (TPSA) is 148 Å². The van der Waals surface area contributed by atoms with Crippen LogP contribution in [0, 0.1) is 0 Å². The molecular formula is C41H53Cl3N8O6. The van der Waals surface area contributed by atoms with Crippen molar-refractivity contribution in [1.29, 1.82) is 0 Å². The van der Waals surface area contributed by atoms with Gasteiger partial charge in [0.25, 0.3) is 0 Å². The summed E-state index contributed by atoms with van der Waals surface area (Å²) in [4.78, 5) is 5.86. The monoisotopic (exact) mass is 858 g/mol. The number of nitrogens with zero attached hydrogens (tertiary/aromatic N) is 8. The van der Waals surface area contributed by atoms with Crippen LogP contribution in [0.3, 0.4) is 0 Å². The number of aliphatic hydroxyl groups is 4. The van der Waals surface area contributed by atoms with Crippen LogP contribution >= 0.6 is 23.2 Å². The van der Waals surface area contributed by atoms with E-state index in [4.69, 9.17) is 32.0 Å². The maximum atomic E-state index is 10.9. The summed E-state index contributed by atoms with van der Waals surface area (Å²) in [7, 11) is 2.31. The molecule has 3 fully saturated rings. The van der Waals surface area contributed by atoms with E-state index >= 15 is 0 Å². The minimum absolute atomic E-state index is 0. The number of benzene rings is 2. The second kappa shape index (κ2) is 20.2. The number of hydrogen-bond donors (Lipinski definition) is 4. The third kappa shape index (κ3) is 11.2. The molecule has 0 amide bonds. The SMILES string of the molecule is C[N+]1(CCCCN2C(O)CN(N=Cc3ccc(-c4ccc(Cl)cc4)o3)C2O)CCN(CCCCN2C(O)CN(N=Cc3ccc(-c4ccc(Cl)cc4)o3)C2O)CC1.[Cl-]. The van der Waals surface area contributed by atoms with Gasteiger partial charge in [0, 0.05) is 47.4 Å². The molecule has 0 spiro atoms. The Kier molecular flexibility index (Phi) is 15.3. The van der Waals surface area contributed by atoms with Crippen molar-refractivity contribution < 1.29 is 46.2 Å². The summed E-state index contributed by atoms with van der Waals surface area (Å²) in [6, 6.07) is 22.1. The van der Waals surface area contributed by atoms with Gasteiger partial charge in [0.05, 0.1) is 52.2 Å². The highest BCUT2D eigenvalue weighted by Gasteiger charge is 2.38. The van der Waals surface area contributed by atoms with Crippen molar-refractivity contribution >= 4 is 35.6 Å². The van der Waals surface area contributed by atoms with Crippen LogP contribution in [0.15, 0.2) is 91.8 Å². The Morgan fingerprint density at radius 2 is 1.07 bits per heavy atom. The van der Waals surface area contributed by atoms with Crippen molar-refractivity contribution in [2.45, 2.75) is 50.8 Å². The summed E-state index contributed by atoms with van der Waals surface area (Å²) in [5.41, 5.74) is 1.81. The van der Waals surface area contributed by atoms with E-state index in [0.29, 0.717) is 46.2 Å². The molecule has 3 saturated heterocycles. The minimum Gasteiger partial charge on any atom is -1.00 e. The molecule has 0 saturated carbocycles. The number of piperazine rings is 1. The summed E-state index contributed by atoms with van der Waals surface area (Å²) in [5, 5.41) is 56.2. The normalized spacial score (nSPS) is 23.2. The second-order valence-corrected chi connectivity index (χ2v) is 16.2. The number of β-amino-alcohol motifs (C(OH)–C–C–N with tert-alkyl or cyclic N) is 2. The van der Waals surface area contributed by atoms with E-state index in [1.54, 1.807) is 22.2 Å². The number of rotatable bonds is 16. The molecule has 5 heterocycles. The molecule has 58 heavy (non-hydrogen) atoms. The van der Waals surface area contributed by atoms with Crippen LogP contribution in [0.2, 0.25) is 10.0 Å². The summed E-state index contributed by atoms with van der Waals surface area (Å²) in [6.07, 6.45) is 3.14. The third-order valence-corrected chi connectivity index (χ3v) is 11.7. The molecular weight excluding hydrogens is 807 g/mol. The van der Waals surface area contributed by atoms with Crippen LogP contribution in [0.5, 0.6) is 0 Å². The van der Waals surface area contributed by atoms with Gasteiger partial charge in [-0.25, -0.2) is 9.80 Å². The summed E-state index contributed by atoms with van der Waals surface area (Å²) >= 11 is 12.0. The molecule has 4 atom stereocenters. The fourth-order valence-corrected chi connectivity index (χ4v) is 7.88. The van der Waals surface area contributed by atoms with Gasteiger partial charge in [0.1, 0.15) is 35.5 Å². The number of halogens is 3. The molecule has 17 heteroatoms. The standard InChI is InChI=1S/C41H53Cl2N8O6.ClH/c1-51(23-5-4-20-48-39(53)29-50(41(48)55)45-27-35-15-17-37(57-35)31-8-12-33(43)13-9-31)24-21-46(22-25-51)18-2-3-19-47-38(52)28-49(40(47)54)44-26-34-14-16-36(56-34)30-6-10-32(42)11-7-30;/h6-17,26-27,38-41,52-55H,2-5,18-25,28-29H2,1H3;1H/q+1;/p-1. The van der Waals surface area contributed by atoms with E-state index in [1.165, 1.54) is 10.0 Å². The predicted molar refractivity (Wildman–Crippen MR) is 220 cm³/mol. The number of quaternary nitrogens is 1. The molecule has 0 radical (unpaired) electrons. The van der Waals surface area contributed by atoms with Crippen molar-refractivity contribution in [2.75, 3.05) is 72.5 Å². The van der Waals surface area contributed by atoms with E-state index in [1.807, 2.05) is 72.8 Å². The van der Waals surface area contributed by atoms with Gasteiger partial charge in [-0.3, -0.25) is 14.9 Å². The van der Waals surface area contributed by atoms with Crippen LogP contribution in [0.4, 0.5) is 0 Å². The van der Waals surface area contributed by atoms with E-state index < -0.39 is 25.2 Å². The molecule has 314 valence electrons. The molecule has 4 unspecified atom stereocenters. The van der Waals surface area contributed by atoms with E-state index in [-0.39, 0.29) is 25.5 Å². The van der Waals surface area contributed by atoms with Gasteiger partial charge in [0.15, 0.2) is 0 Å². The Morgan fingerprint density at radius 3 is 1.53 bits per heavy atom. The highest BCUT2D eigenvalue weighted by molar-refractivity contribution is 6.30. The molecule has 3 aliphatic rings. The van der Waals surface area contributed by atoms with Crippen molar-refractivity contribution in [1.82, 2.24) is 24.7 Å². The van der Waals surface area contributed by atoms with E-state index in [9.17, 15) is 20.4 Å². The lowest BCUT2D eigenvalue weighted by molar-refractivity contribution is -0.913. The highest BCUT2D eigenvalue weighted by atomic mass is 35.5. The Bertz CT molecular complexity index is 1940. The molecule has 4 N–H and O–H groups in total. The summed E-state index contributed by atoms with van der Waals surface area (Å²) in [5.74, 6) is 2.48. The first-order valence-electron chi connectivity index (χ1n) is 19.7. The van der Waals surface area contributed by atoms with Crippen LogP contribution in [-0.4, -0.2) is 160 Å². The molecule has 2 aromatic heterocycles. The zero-order valence-corrected chi connectivity index (χ0v) is 34.9. The molecule has 4 aromatic rings. The Balaban J connectivity index is 0.00000567. The largest absolute Gasteiger partial charge is 1.00 e. The Labute approximate surface area is 355 Å². The minimum atomic E-state index is -1.01. The maximum absolute atomic E-state index is 10.9. The van der Waals surface area contributed by atoms with Gasteiger partial charge in [0.2, 0.25) is 12.7 Å². The Morgan fingerprint density at radius 1 is 0.638 bits per heavy atom. The quantitative estimate of drug-likeness (QED) is 0.0741. The van der Waals surface area contributed by atoms with Gasteiger partial charge >= 0.3 is 0 Å². The van der Waals surface area contributed by atoms with Gasteiger partial charge < -0.3 is 46.2 Å². The number of likely N-dealkylation sites (N-methyl/N-ethyl adjacent to an activating group) is 1. The molecule has 2 aromatic carbocycles. The van der Waals surface area contributed by atoms with Gasteiger partial charge in [-0.05, 0) is 105 Å². The number of aliphatic hydroxyl groups excluding tert-OH is 4. The van der Waals surface area contributed by atoms with E-state index in [2.05, 4.69) is 22.2 Å². The predicted octanol–water partition coefficient (Wildman–Crippen LogP) is 1.63. The molecule has 3 aliphatic heterocycles. The fourth-order valence-electron chi connectivity index (χ4n) is 7.63. The van der Waals surface area contributed by atoms with Crippen LogP contribution < -0.4 is 12.4 Å². The first-order chi connectivity index (χ1) is 27.5. The van der Waals surface area contributed by atoms with Crippen molar-refractivity contribution in [3.05, 3.63) is 94.4 Å². The lowest BCUT2D eigenvalue weighted by Crippen LogP contribution is -3.00. The zero-order valence-electron chi connectivity index (χ0n) is 32.6. The number of hydrogen-bond acceptors (Lipinski definition) is 13. The fraction of sp³-hybridized carbons (Fsp3) is 0.463. The number of unbranched alkanes of at least 4 members (excludes halogenated alkanes) is 2. The van der Waals surface area contributed by atoms with Crippen LogP contribution in [0.1, 0.15) is 37.2 Å². The molecule has 14 nitrogen and oxygen atoms in total. The summed E-state index contributed by atoms with van der Waals surface area (Å²) < 4.78 is 12.8. The third-order valence-electron chi connectivity index (χ3n) is 11.2. The van der Waals surface area contributed by atoms with Crippen molar-refractivity contribution in [3.63, 3.8) is 0 Å². The zero-order chi connectivity index (χ0) is 39.9. The number of furan rings is 2. The maximum Gasteiger partial charge on any atom is 0.203 e. The molecule has 7 rings (SSSR count). The molecule has 0 aliphatic carbocycles. The van der Waals surface area contributed by atoms with Gasteiger partial charge in [-0.2, -0.15) is 10.2 Å². The lowest BCUT2D eigenvalue weighted by atomic mass is 10.2. The average Bonchev–Trinajstić information content (AvgIpc) is 3.99. The van der Waals surface area contributed by atoms with Gasteiger partial charge in [-0.15, -0.1) is 0 Å². The smallest absolute Gasteiger partial charge is 0.203 e. The van der Waals surface area contributed by atoms with Crippen molar-refractivity contribution in [2.24, 2.45) is 10.2 Å². The van der Waals surface area contributed by atoms with Crippen molar-refractivity contribution in [3.8, 4) is 22.6 Å². The first-order valence-corrected chi connectivity index (χ1v) is 20.4. The highest BCUT2D eigenvalue weighted by Crippen LogP contribution is 2.26.